The maximum absolute atomic E-state index is 9.34. The number of aliphatic hydroxyl groups excluding tert-OH is 3. The molecule has 1 saturated heterocycles. The Balaban J connectivity index is 2.49. The van der Waals surface area contributed by atoms with Gasteiger partial charge in [0.1, 0.15) is 0 Å². The molecule has 66 valence electrons. The van der Waals surface area contributed by atoms with Crippen molar-refractivity contribution in [1.29, 1.82) is 0 Å². The van der Waals surface area contributed by atoms with Crippen molar-refractivity contribution >= 4 is 0 Å². The molecule has 1 aliphatic rings. The average molecular weight is 161 g/mol. The smallest absolute Gasteiger partial charge is 0.0973 e. The first-order valence-electron chi connectivity index (χ1n) is 3.96. The van der Waals surface area contributed by atoms with Crippen LogP contribution in [-0.4, -0.2) is 46.7 Å². The van der Waals surface area contributed by atoms with Crippen molar-refractivity contribution < 1.29 is 15.3 Å². The van der Waals surface area contributed by atoms with Crippen LogP contribution in [0.15, 0.2) is 0 Å². The van der Waals surface area contributed by atoms with E-state index in [2.05, 4.69) is 5.32 Å². The summed E-state index contributed by atoms with van der Waals surface area (Å²) in [5, 5.41) is 30.3. The Bertz CT molecular complexity index is 120. The van der Waals surface area contributed by atoms with E-state index in [1.807, 2.05) is 0 Å². The molecule has 0 aromatic carbocycles. The molecule has 0 saturated carbocycles. The third kappa shape index (κ3) is 2.13. The lowest BCUT2D eigenvalue weighted by atomic mass is 10.1. The highest BCUT2D eigenvalue weighted by molar-refractivity contribution is 4.83. The fourth-order valence-corrected chi connectivity index (χ4v) is 1.33. The van der Waals surface area contributed by atoms with Crippen molar-refractivity contribution in [2.24, 2.45) is 0 Å². The van der Waals surface area contributed by atoms with Gasteiger partial charge in [0.2, 0.25) is 0 Å². The molecule has 0 radical (unpaired) electrons. The molecule has 1 rings (SSSR count). The zero-order chi connectivity index (χ0) is 8.27. The van der Waals surface area contributed by atoms with E-state index < -0.39 is 12.2 Å². The Hall–Kier alpha value is -0.160. The van der Waals surface area contributed by atoms with Crippen LogP contribution >= 0.6 is 0 Å². The van der Waals surface area contributed by atoms with E-state index in [1.54, 1.807) is 0 Å². The Morgan fingerprint density at radius 1 is 1.36 bits per heavy atom. The summed E-state index contributed by atoms with van der Waals surface area (Å²) in [5.74, 6) is 0. The Labute approximate surface area is 65.9 Å². The number of hydrogen-bond donors (Lipinski definition) is 4. The molecule has 1 aliphatic heterocycles. The summed E-state index contributed by atoms with van der Waals surface area (Å²) >= 11 is 0. The summed E-state index contributed by atoms with van der Waals surface area (Å²) < 4.78 is 0. The van der Waals surface area contributed by atoms with Gasteiger partial charge in [-0.25, -0.2) is 0 Å². The summed E-state index contributed by atoms with van der Waals surface area (Å²) in [4.78, 5) is 0. The SMILES string of the molecule is OC[C@H]1NCCC[C@@H](O)C1O. The molecule has 4 heteroatoms. The maximum Gasteiger partial charge on any atom is 0.0973 e. The maximum atomic E-state index is 9.34. The van der Waals surface area contributed by atoms with Crippen LogP contribution in [0, 0.1) is 0 Å². The van der Waals surface area contributed by atoms with Crippen LogP contribution in [0.1, 0.15) is 12.8 Å². The van der Waals surface area contributed by atoms with Gasteiger partial charge in [-0.3, -0.25) is 0 Å². The Kier molecular flexibility index (Phi) is 3.26. The molecule has 0 aliphatic carbocycles. The van der Waals surface area contributed by atoms with E-state index in [9.17, 15) is 10.2 Å². The van der Waals surface area contributed by atoms with Gasteiger partial charge in [0.05, 0.1) is 24.9 Å². The van der Waals surface area contributed by atoms with Crippen molar-refractivity contribution in [3.05, 3.63) is 0 Å². The highest BCUT2D eigenvalue weighted by Crippen LogP contribution is 2.09. The van der Waals surface area contributed by atoms with E-state index in [0.717, 1.165) is 13.0 Å². The lowest BCUT2D eigenvalue weighted by molar-refractivity contribution is -0.0108. The number of rotatable bonds is 1. The molecule has 3 atom stereocenters. The van der Waals surface area contributed by atoms with Gasteiger partial charge in [0.15, 0.2) is 0 Å². The van der Waals surface area contributed by atoms with Crippen molar-refractivity contribution in [3.63, 3.8) is 0 Å². The number of nitrogens with one attached hydrogen (secondary N) is 1. The second-order valence-corrected chi connectivity index (χ2v) is 2.94. The fraction of sp³-hybridized carbons (Fsp3) is 1.00. The zero-order valence-corrected chi connectivity index (χ0v) is 6.40. The second kappa shape index (κ2) is 4.01. The minimum Gasteiger partial charge on any atom is -0.395 e. The standard InChI is InChI=1S/C7H15NO3/c9-4-5-7(11)6(10)2-1-3-8-5/h5-11H,1-4H2/t5-,6-,7?/m1/s1. The minimum absolute atomic E-state index is 0.127. The molecule has 4 nitrogen and oxygen atoms in total. The molecule has 1 unspecified atom stereocenters. The van der Waals surface area contributed by atoms with Gasteiger partial charge in [-0.05, 0) is 19.4 Å². The first-order chi connectivity index (χ1) is 5.25. The first-order valence-corrected chi connectivity index (χ1v) is 3.96. The fourth-order valence-electron chi connectivity index (χ4n) is 1.33. The summed E-state index contributed by atoms with van der Waals surface area (Å²) in [6, 6.07) is -0.368. The molecule has 0 bridgehead atoms. The van der Waals surface area contributed by atoms with Crippen molar-refractivity contribution in [3.8, 4) is 0 Å². The normalized spacial score (nSPS) is 40.1. The first kappa shape index (κ1) is 8.93. The summed E-state index contributed by atoms with van der Waals surface area (Å²) in [7, 11) is 0. The Morgan fingerprint density at radius 3 is 2.73 bits per heavy atom. The van der Waals surface area contributed by atoms with Crippen LogP contribution in [0.5, 0.6) is 0 Å². The summed E-state index contributed by atoms with van der Waals surface area (Å²) in [6.45, 7) is 0.623. The van der Waals surface area contributed by atoms with Crippen LogP contribution in [0.2, 0.25) is 0 Å². The Morgan fingerprint density at radius 2 is 2.09 bits per heavy atom. The molecule has 0 aromatic heterocycles. The monoisotopic (exact) mass is 161 g/mol. The molecule has 4 N–H and O–H groups in total. The van der Waals surface area contributed by atoms with E-state index in [-0.39, 0.29) is 12.6 Å². The molecule has 0 aromatic rings. The predicted molar refractivity (Wildman–Crippen MR) is 40.1 cm³/mol. The largest absolute Gasteiger partial charge is 0.395 e. The van der Waals surface area contributed by atoms with Crippen LogP contribution < -0.4 is 5.32 Å². The van der Waals surface area contributed by atoms with Gasteiger partial charge in [-0.15, -0.1) is 0 Å². The van der Waals surface area contributed by atoms with Gasteiger partial charge < -0.3 is 20.6 Å². The quantitative estimate of drug-likeness (QED) is 0.376. The van der Waals surface area contributed by atoms with Gasteiger partial charge in [-0.2, -0.15) is 0 Å². The summed E-state index contributed by atoms with van der Waals surface area (Å²) in [6.07, 6.45) is -0.0796. The van der Waals surface area contributed by atoms with Gasteiger partial charge in [0, 0.05) is 0 Å². The van der Waals surface area contributed by atoms with Crippen LogP contribution in [0.4, 0.5) is 0 Å². The van der Waals surface area contributed by atoms with Crippen molar-refractivity contribution in [1.82, 2.24) is 5.32 Å². The lowest BCUT2D eigenvalue weighted by Crippen LogP contribution is -2.46. The molecular weight excluding hydrogens is 146 g/mol. The molecule has 0 amide bonds. The van der Waals surface area contributed by atoms with E-state index in [4.69, 9.17) is 5.11 Å². The number of aliphatic hydroxyl groups is 3. The van der Waals surface area contributed by atoms with Crippen LogP contribution in [0.3, 0.4) is 0 Å². The highest BCUT2D eigenvalue weighted by Gasteiger charge is 2.27. The van der Waals surface area contributed by atoms with Gasteiger partial charge in [0.25, 0.3) is 0 Å². The van der Waals surface area contributed by atoms with Crippen LogP contribution in [0.25, 0.3) is 0 Å². The lowest BCUT2D eigenvalue weighted by Gasteiger charge is -2.21. The second-order valence-electron chi connectivity index (χ2n) is 2.94. The topological polar surface area (TPSA) is 72.7 Å². The highest BCUT2D eigenvalue weighted by atomic mass is 16.3. The van der Waals surface area contributed by atoms with Gasteiger partial charge >= 0.3 is 0 Å². The molecule has 11 heavy (non-hydrogen) atoms. The summed E-state index contributed by atoms with van der Waals surface area (Å²) in [5.41, 5.74) is 0. The average Bonchev–Trinajstić information content (AvgIpc) is 2.16. The van der Waals surface area contributed by atoms with E-state index >= 15 is 0 Å². The van der Waals surface area contributed by atoms with Crippen LogP contribution in [-0.2, 0) is 0 Å². The molecular formula is C7H15NO3. The zero-order valence-electron chi connectivity index (χ0n) is 6.40. The predicted octanol–water partition coefficient (Wildman–Crippen LogP) is -1.55. The van der Waals surface area contributed by atoms with Crippen molar-refractivity contribution in [2.45, 2.75) is 31.1 Å². The van der Waals surface area contributed by atoms with E-state index in [1.165, 1.54) is 0 Å². The third-order valence-electron chi connectivity index (χ3n) is 2.09. The molecule has 0 spiro atoms. The third-order valence-corrected chi connectivity index (χ3v) is 2.09. The molecule has 1 fully saturated rings. The number of hydrogen-bond acceptors (Lipinski definition) is 4. The van der Waals surface area contributed by atoms with Gasteiger partial charge in [-0.1, -0.05) is 0 Å². The molecule has 1 heterocycles. The van der Waals surface area contributed by atoms with E-state index in [0.29, 0.717) is 6.42 Å². The minimum atomic E-state index is -0.831. The van der Waals surface area contributed by atoms with Crippen molar-refractivity contribution in [2.75, 3.05) is 13.2 Å².